The molecule has 2 amide bonds. The lowest BCUT2D eigenvalue weighted by molar-refractivity contribution is -0.123. The second kappa shape index (κ2) is 8.64. The van der Waals surface area contributed by atoms with Crippen LogP contribution in [0.4, 0.5) is 0 Å². The summed E-state index contributed by atoms with van der Waals surface area (Å²) >= 11 is 1.66. The highest BCUT2D eigenvalue weighted by atomic mass is 32.2. The molecule has 0 bridgehead atoms. The fraction of sp³-hybridized carbons (Fsp3) is 0.467. The van der Waals surface area contributed by atoms with Gasteiger partial charge in [0.15, 0.2) is 0 Å². The van der Waals surface area contributed by atoms with Crippen molar-refractivity contribution in [3.8, 4) is 0 Å². The van der Waals surface area contributed by atoms with Crippen LogP contribution in [0, 0.1) is 0 Å². The zero-order chi connectivity index (χ0) is 15.0. The lowest BCUT2D eigenvalue weighted by atomic mass is 10.1. The Balaban J connectivity index is 2.68. The van der Waals surface area contributed by atoms with Gasteiger partial charge < -0.3 is 10.6 Å². The molecule has 0 aromatic heterocycles. The Kier molecular flexibility index (Phi) is 7.15. The van der Waals surface area contributed by atoms with Gasteiger partial charge in [0.05, 0.1) is 0 Å². The summed E-state index contributed by atoms with van der Waals surface area (Å²) in [5.74, 6) is 0.486. The van der Waals surface area contributed by atoms with Gasteiger partial charge in [-0.1, -0.05) is 18.2 Å². The molecule has 0 heterocycles. The fourth-order valence-electron chi connectivity index (χ4n) is 1.72. The van der Waals surface area contributed by atoms with E-state index in [1.54, 1.807) is 36.0 Å². The summed E-state index contributed by atoms with van der Waals surface area (Å²) in [6.07, 6.45) is 2.61. The number of benzene rings is 1. The summed E-state index contributed by atoms with van der Waals surface area (Å²) < 4.78 is 0. The number of amides is 2. The predicted molar refractivity (Wildman–Crippen MR) is 84.0 cm³/mol. The second-order valence-electron chi connectivity index (χ2n) is 4.84. The molecule has 0 spiro atoms. The van der Waals surface area contributed by atoms with Gasteiger partial charge in [-0.3, -0.25) is 9.59 Å². The van der Waals surface area contributed by atoms with Crippen molar-refractivity contribution in [1.82, 2.24) is 10.6 Å². The van der Waals surface area contributed by atoms with Gasteiger partial charge in [0, 0.05) is 11.6 Å². The van der Waals surface area contributed by atoms with E-state index in [2.05, 4.69) is 10.6 Å². The third-order valence-electron chi connectivity index (χ3n) is 2.70. The van der Waals surface area contributed by atoms with E-state index >= 15 is 0 Å². The molecular formula is C15H22N2O2S. The normalized spacial score (nSPS) is 12.0. The summed E-state index contributed by atoms with van der Waals surface area (Å²) in [6, 6.07) is 8.52. The van der Waals surface area contributed by atoms with Crippen LogP contribution < -0.4 is 10.6 Å². The van der Waals surface area contributed by atoms with Crippen molar-refractivity contribution in [1.29, 1.82) is 0 Å². The smallest absolute Gasteiger partial charge is 0.251 e. The Morgan fingerprint density at radius 1 is 1.15 bits per heavy atom. The van der Waals surface area contributed by atoms with Gasteiger partial charge in [0.25, 0.3) is 5.91 Å². The van der Waals surface area contributed by atoms with Crippen LogP contribution in [0.15, 0.2) is 30.3 Å². The van der Waals surface area contributed by atoms with Gasteiger partial charge in [-0.2, -0.15) is 11.8 Å². The zero-order valence-corrected chi connectivity index (χ0v) is 13.0. The maximum absolute atomic E-state index is 12.1. The van der Waals surface area contributed by atoms with Crippen molar-refractivity contribution in [2.75, 3.05) is 12.0 Å². The summed E-state index contributed by atoms with van der Waals surface area (Å²) in [5.41, 5.74) is 0.569. The molecule has 0 saturated heterocycles. The van der Waals surface area contributed by atoms with Crippen LogP contribution in [0.5, 0.6) is 0 Å². The van der Waals surface area contributed by atoms with E-state index in [9.17, 15) is 9.59 Å². The van der Waals surface area contributed by atoms with Crippen LogP contribution in [0.2, 0.25) is 0 Å². The lowest BCUT2D eigenvalue weighted by Crippen LogP contribution is -2.48. The van der Waals surface area contributed by atoms with Crippen molar-refractivity contribution >= 4 is 23.6 Å². The average Bonchev–Trinajstić information content (AvgIpc) is 2.43. The third-order valence-corrected chi connectivity index (χ3v) is 3.34. The van der Waals surface area contributed by atoms with E-state index < -0.39 is 6.04 Å². The minimum absolute atomic E-state index is 0.0629. The molecule has 1 aromatic rings. The standard InChI is InChI=1S/C15H22N2O2S/c1-11(2)16-15(19)13(9-10-20-3)17-14(18)12-7-5-4-6-8-12/h4-8,11,13H,9-10H2,1-3H3,(H,16,19)(H,17,18). The van der Waals surface area contributed by atoms with Gasteiger partial charge >= 0.3 is 0 Å². The molecule has 110 valence electrons. The Hall–Kier alpha value is -1.49. The van der Waals surface area contributed by atoms with Crippen LogP contribution in [-0.2, 0) is 4.79 Å². The molecular weight excluding hydrogens is 272 g/mol. The number of rotatable bonds is 7. The first-order chi connectivity index (χ1) is 9.54. The molecule has 1 atom stereocenters. The summed E-state index contributed by atoms with van der Waals surface area (Å²) in [5, 5.41) is 5.65. The van der Waals surface area contributed by atoms with Crippen molar-refractivity contribution in [2.24, 2.45) is 0 Å². The minimum atomic E-state index is -0.488. The average molecular weight is 294 g/mol. The number of thioether (sulfide) groups is 1. The first-order valence-corrected chi connectivity index (χ1v) is 8.09. The molecule has 0 saturated carbocycles. The van der Waals surface area contributed by atoms with Crippen LogP contribution in [0.25, 0.3) is 0 Å². The van der Waals surface area contributed by atoms with Crippen LogP contribution in [-0.4, -0.2) is 35.9 Å². The summed E-state index contributed by atoms with van der Waals surface area (Å²) in [7, 11) is 0. The maximum atomic E-state index is 12.1. The number of nitrogens with one attached hydrogen (secondary N) is 2. The highest BCUT2D eigenvalue weighted by molar-refractivity contribution is 7.98. The molecule has 0 aliphatic carbocycles. The Morgan fingerprint density at radius 3 is 2.35 bits per heavy atom. The van der Waals surface area contributed by atoms with E-state index in [0.717, 1.165) is 5.75 Å². The molecule has 4 nitrogen and oxygen atoms in total. The summed E-state index contributed by atoms with van der Waals surface area (Å²) in [4.78, 5) is 24.2. The van der Waals surface area contributed by atoms with Gasteiger partial charge in [-0.25, -0.2) is 0 Å². The molecule has 0 aliphatic rings. The second-order valence-corrected chi connectivity index (χ2v) is 5.82. The van der Waals surface area contributed by atoms with E-state index in [1.807, 2.05) is 26.2 Å². The van der Waals surface area contributed by atoms with E-state index in [1.165, 1.54) is 0 Å². The molecule has 1 aromatic carbocycles. The highest BCUT2D eigenvalue weighted by Gasteiger charge is 2.21. The molecule has 0 fully saturated rings. The van der Waals surface area contributed by atoms with Gasteiger partial charge in [0.2, 0.25) is 5.91 Å². The third kappa shape index (κ3) is 5.65. The Morgan fingerprint density at radius 2 is 1.80 bits per heavy atom. The molecule has 2 N–H and O–H groups in total. The monoisotopic (exact) mass is 294 g/mol. The van der Waals surface area contributed by atoms with Crippen molar-refractivity contribution in [2.45, 2.75) is 32.4 Å². The van der Waals surface area contributed by atoms with Crippen molar-refractivity contribution in [3.05, 3.63) is 35.9 Å². The first kappa shape index (κ1) is 16.6. The largest absolute Gasteiger partial charge is 0.352 e. The van der Waals surface area contributed by atoms with Crippen molar-refractivity contribution in [3.63, 3.8) is 0 Å². The predicted octanol–water partition coefficient (Wildman–Crippen LogP) is 2.06. The van der Waals surface area contributed by atoms with Gasteiger partial charge in [-0.15, -0.1) is 0 Å². The Bertz CT molecular complexity index is 435. The molecule has 1 rings (SSSR count). The van der Waals surface area contributed by atoms with E-state index in [-0.39, 0.29) is 17.9 Å². The number of hydrogen-bond acceptors (Lipinski definition) is 3. The van der Waals surface area contributed by atoms with E-state index in [4.69, 9.17) is 0 Å². The molecule has 5 heteroatoms. The maximum Gasteiger partial charge on any atom is 0.251 e. The minimum Gasteiger partial charge on any atom is -0.352 e. The fourth-order valence-corrected chi connectivity index (χ4v) is 2.19. The Labute approximate surface area is 124 Å². The SMILES string of the molecule is CSCCC(NC(=O)c1ccccc1)C(=O)NC(C)C. The number of carbonyl (C=O) groups excluding carboxylic acids is 2. The molecule has 0 radical (unpaired) electrons. The van der Waals surface area contributed by atoms with Crippen LogP contribution in [0.1, 0.15) is 30.6 Å². The van der Waals surface area contributed by atoms with Gasteiger partial charge in [-0.05, 0) is 44.4 Å². The van der Waals surface area contributed by atoms with Crippen LogP contribution in [0.3, 0.4) is 0 Å². The number of carbonyl (C=O) groups is 2. The summed E-state index contributed by atoms with van der Waals surface area (Å²) in [6.45, 7) is 3.81. The molecule has 1 unspecified atom stereocenters. The first-order valence-electron chi connectivity index (χ1n) is 6.69. The van der Waals surface area contributed by atoms with E-state index in [0.29, 0.717) is 12.0 Å². The number of hydrogen-bond donors (Lipinski definition) is 2. The van der Waals surface area contributed by atoms with Crippen molar-refractivity contribution < 1.29 is 9.59 Å². The molecule has 0 aliphatic heterocycles. The molecule has 20 heavy (non-hydrogen) atoms. The lowest BCUT2D eigenvalue weighted by Gasteiger charge is -2.19. The quantitative estimate of drug-likeness (QED) is 0.809. The topological polar surface area (TPSA) is 58.2 Å². The highest BCUT2D eigenvalue weighted by Crippen LogP contribution is 2.04. The van der Waals surface area contributed by atoms with Gasteiger partial charge in [0.1, 0.15) is 6.04 Å². The zero-order valence-electron chi connectivity index (χ0n) is 12.2. The van der Waals surface area contributed by atoms with Crippen LogP contribution >= 0.6 is 11.8 Å².